The van der Waals surface area contributed by atoms with Gasteiger partial charge in [-0.3, -0.25) is 4.99 Å². The molecule has 3 heterocycles. The number of hydrogen-bond acceptors (Lipinski definition) is 4. The smallest absolute Gasteiger partial charge is 0.0388 e. The molecule has 0 radical (unpaired) electrons. The van der Waals surface area contributed by atoms with Crippen LogP contribution >= 0.6 is 0 Å². The summed E-state index contributed by atoms with van der Waals surface area (Å²) in [6.45, 7) is 3.17. The minimum absolute atomic E-state index is 0.958. The molecule has 0 saturated heterocycles. The predicted octanol–water partition coefficient (Wildman–Crippen LogP) is 0.952. The van der Waals surface area contributed by atoms with Crippen molar-refractivity contribution in [1.29, 1.82) is 0 Å². The van der Waals surface area contributed by atoms with E-state index >= 15 is 0 Å². The van der Waals surface area contributed by atoms with Gasteiger partial charge in [-0.1, -0.05) is 12.2 Å². The van der Waals surface area contributed by atoms with Crippen LogP contribution in [0.15, 0.2) is 29.5 Å². The topological polar surface area (TPSA) is 48.4 Å². The minimum atomic E-state index is 0.958. The summed E-state index contributed by atoms with van der Waals surface area (Å²) in [5, 5.41) is 3.04. The van der Waals surface area contributed by atoms with Gasteiger partial charge in [0.25, 0.3) is 0 Å². The number of hydrazine groups is 1. The zero-order chi connectivity index (χ0) is 10.6. The van der Waals surface area contributed by atoms with Crippen molar-refractivity contribution in [1.82, 2.24) is 16.2 Å². The Hall–Kier alpha value is -1.29. The van der Waals surface area contributed by atoms with Crippen molar-refractivity contribution in [3.05, 3.63) is 24.6 Å². The van der Waals surface area contributed by atoms with Crippen molar-refractivity contribution in [2.45, 2.75) is 19.3 Å². The first kappa shape index (κ1) is 11.8. The molecule has 0 aromatic rings. The summed E-state index contributed by atoms with van der Waals surface area (Å²) in [6.07, 6.45) is 13.7. The molecule has 0 unspecified atom stereocenters. The highest BCUT2D eigenvalue weighted by Gasteiger charge is 1.86. The van der Waals surface area contributed by atoms with Crippen LogP contribution in [0, 0.1) is 0 Å². The monoisotopic (exact) mass is 208 g/mol. The molecular formula is C11H20N4. The van der Waals surface area contributed by atoms with Crippen molar-refractivity contribution in [2.24, 2.45) is 4.99 Å². The van der Waals surface area contributed by atoms with Crippen molar-refractivity contribution in [3.8, 4) is 0 Å². The van der Waals surface area contributed by atoms with Crippen LogP contribution in [0.4, 0.5) is 0 Å². The Bertz CT molecular complexity index is 165. The first-order chi connectivity index (χ1) is 7.50. The number of hydrogen-bond donors (Lipinski definition) is 3. The molecule has 0 amide bonds. The maximum Gasteiger partial charge on any atom is 0.0388 e. The maximum absolute atomic E-state index is 3.96. The van der Waals surface area contributed by atoms with Gasteiger partial charge in [-0.05, 0) is 31.7 Å². The van der Waals surface area contributed by atoms with Crippen LogP contribution < -0.4 is 16.2 Å². The summed E-state index contributed by atoms with van der Waals surface area (Å²) in [5.74, 6) is 0. The quantitative estimate of drug-likeness (QED) is 0.555. The Morgan fingerprint density at radius 1 is 1.07 bits per heavy atom. The van der Waals surface area contributed by atoms with Gasteiger partial charge in [-0.25, -0.2) is 5.43 Å². The third-order valence-electron chi connectivity index (χ3n) is 1.96. The third kappa shape index (κ3) is 7.76. The normalized spacial score (nSPS) is 19.7. The van der Waals surface area contributed by atoms with Gasteiger partial charge in [0.15, 0.2) is 0 Å². The van der Waals surface area contributed by atoms with E-state index in [0.29, 0.717) is 0 Å². The molecule has 0 bridgehead atoms. The summed E-state index contributed by atoms with van der Waals surface area (Å²) in [5.41, 5.74) is 5.65. The lowest BCUT2D eigenvalue weighted by Gasteiger charge is -1.83. The zero-order valence-electron chi connectivity index (χ0n) is 9.08. The highest BCUT2D eigenvalue weighted by molar-refractivity contribution is 5.58. The molecule has 3 N–H and O–H groups in total. The van der Waals surface area contributed by atoms with E-state index in [4.69, 9.17) is 0 Å². The van der Waals surface area contributed by atoms with Crippen molar-refractivity contribution < 1.29 is 0 Å². The van der Waals surface area contributed by atoms with Gasteiger partial charge in [0.1, 0.15) is 0 Å². The zero-order valence-corrected chi connectivity index (χ0v) is 9.08. The van der Waals surface area contributed by atoms with E-state index in [2.05, 4.69) is 27.2 Å². The first-order valence-electron chi connectivity index (χ1n) is 5.50. The summed E-state index contributed by atoms with van der Waals surface area (Å²) in [6, 6.07) is 0. The average Bonchev–Trinajstić information content (AvgIpc) is 3.09. The standard InChI is InChI=1S/2C4H7N.C3H6N2/c3*1-2-4-5-3-1/h3H,1-2,4H2;1,3,5H,2,4H2;1-2,4-5H,3H2. The lowest BCUT2D eigenvalue weighted by atomic mass is 10.4. The number of rotatable bonds is 0. The Balaban J connectivity index is 0.000000112. The van der Waals surface area contributed by atoms with Crippen LogP contribution in [-0.4, -0.2) is 25.8 Å². The molecule has 4 nitrogen and oxygen atoms in total. The summed E-state index contributed by atoms with van der Waals surface area (Å²) in [4.78, 5) is 3.96. The van der Waals surface area contributed by atoms with Gasteiger partial charge in [0.2, 0.25) is 0 Å². The molecule has 0 saturated carbocycles. The predicted molar refractivity (Wildman–Crippen MR) is 64.6 cm³/mol. The van der Waals surface area contributed by atoms with E-state index < -0.39 is 0 Å². The Morgan fingerprint density at radius 3 is 2.27 bits per heavy atom. The van der Waals surface area contributed by atoms with E-state index in [1.807, 2.05) is 24.7 Å². The largest absolute Gasteiger partial charge is 0.391 e. The highest BCUT2D eigenvalue weighted by atomic mass is 15.4. The van der Waals surface area contributed by atoms with Crippen LogP contribution in [0.2, 0.25) is 0 Å². The van der Waals surface area contributed by atoms with Gasteiger partial charge in [-0.15, -0.1) is 0 Å². The minimum Gasteiger partial charge on any atom is -0.391 e. The van der Waals surface area contributed by atoms with Crippen LogP contribution in [0.25, 0.3) is 0 Å². The second kappa shape index (κ2) is 9.27. The summed E-state index contributed by atoms with van der Waals surface area (Å²) < 4.78 is 0. The van der Waals surface area contributed by atoms with Crippen LogP contribution in [0.5, 0.6) is 0 Å². The van der Waals surface area contributed by atoms with Gasteiger partial charge in [0, 0.05) is 25.8 Å². The van der Waals surface area contributed by atoms with Crippen molar-refractivity contribution >= 4 is 6.21 Å². The average molecular weight is 208 g/mol. The van der Waals surface area contributed by atoms with Gasteiger partial charge < -0.3 is 10.7 Å². The van der Waals surface area contributed by atoms with Crippen molar-refractivity contribution in [3.63, 3.8) is 0 Å². The molecular weight excluding hydrogens is 188 g/mol. The second-order valence-corrected chi connectivity index (χ2v) is 3.30. The molecule has 0 fully saturated rings. The lowest BCUT2D eigenvalue weighted by molar-refractivity contribution is 0.727. The molecule has 0 aliphatic carbocycles. The third-order valence-corrected chi connectivity index (χ3v) is 1.96. The summed E-state index contributed by atoms with van der Waals surface area (Å²) >= 11 is 0. The lowest BCUT2D eigenvalue weighted by Crippen LogP contribution is -2.19. The van der Waals surface area contributed by atoms with Gasteiger partial charge >= 0.3 is 0 Å². The Labute approximate surface area is 91.5 Å². The van der Waals surface area contributed by atoms with E-state index in [1.54, 1.807) is 0 Å². The SMILES string of the molecule is C1=CNCC1.C1=CNNC1.C1=NCCC1. The number of nitrogens with one attached hydrogen (secondary N) is 3. The molecule has 0 aromatic carbocycles. The van der Waals surface area contributed by atoms with Crippen LogP contribution in [0.3, 0.4) is 0 Å². The van der Waals surface area contributed by atoms with Crippen molar-refractivity contribution in [2.75, 3.05) is 19.6 Å². The van der Waals surface area contributed by atoms with E-state index in [1.165, 1.54) is 19.3 Å². The Morgan fingerprint density at radius 2 is 2.07 bits per heavy atom. The summed E-state index contributed by atoms with van der Waals surface area (Å²) in [7, 11) is 0. The first-order valence-corrected chi connectivity index (χ1v) is 5.50. The Kier molecular flexibility index (Phi) is 7.28. The molecule has 3 rings (SSSR count). The fraction of sp³-hybridized carbons (Fsp3) is 0.545. The maximum atomic E-state index is 3.96. The molecule has 0 atom stereocenters. The number of aliphatic imine (C=N–C) groups is 1. The van der Waals surface area contributed by atoms with E-state index in [-0.39, 0.29) is 0 Å². The van der Waals surface area contributed by atoms with E-state index in [9.17, 15) is 0 Å². The van der Waals surface area contributed by atoms with E-state index in [0.717, 1.165) is 19.6 Å². The fourth-order valence-electron chi connectivity index (χ4n) is 1.17. The molecule has 4 heteroatoms. The fourth-order valence-corrected chi connectivity index (χ4v) is 1.17. The number of nitrogens with zero attached hydrogens (tertiary/aromatic N) is 1. The van der Waals surface area contributed by atoms with Gasteiger partial charge in [-0.2, -0.15) is 0 Å². The molecule has 3 aliphatic heterocycles. The second-order valence-electron chi connectivity index (χ2n) is 3.30. The van der Waals surface area contributed by atoms with Crippen LogP contribution in [-0.2, 0) is 0 Å². The molecule has 15 heavy (non-hydrogen) atoms. The van der Waals surface area contributed by atoms with Gasteiger partial charge in [0.05, 0.1) is 0 Å². The highest BCUT2D eigenvalue weighted by Crippen LogP contribution is 1.92. The molecule has 3 aliphatic rings. The van der Waals surface area contributed by atoms with Crippen LogP contribution in [0.1, 0.15) is 19.3 Å². The molecule has 0 aromatic heterocycles. The molecule has 0 spiro atoms. The molecule has 84 valence electrons.